The van der Waals surface area contributed by atoms with Crippen molar-refractivity contribution in [3.63, 3.8) is 0 Å². The molecule has 1 unspecified atom stereocenters. The number of nitrogens with two attached hydrogens (primary N) is 1. The predicted octanol–water partition coefficient (Wildman–Crippen LogP) is 2.61. The Kier molecular flexibility index (Phi) is 3.47. The molecule has 0 fully saturated rings. The Morgan fingerprint density at radius 2 is 1.94 bits per heavy atom. The van der Waals surface area contributed by atoms with Crippen molar-refractivity contribution >= 4 is 23.1 Å². The van der Waals surface area contributed by atoms with Crippen LogP contribution >= 0.6 is 11.3 Å². The second-order valence-electron chi connectivity index (χ2n) is 4.33. The van der Waals surface area contributed by atoms with E-state index in [9.17, 15) is 0 Å². The highest BCUT2D eigenvalue weighted by atomic mass is 32.1. The lowest BCUT2D eigenvalue weighted by Gasteiger charge is -2.15. The Morgan fingerprint density at radius 1 is 1.22 bits per heavy atom. The predicted molar refractivity (Wildman–Crippen MR) is 74.8 cm³/mol. The van der Waals surface area contributed by atoms with E-state index < -0.39 is 0 Å². The quantitative estimate of drug-likeness (QED) is 0.890. The first kappa shape index (κ1) is 12.8. The van der Waals surface area contributed by atoms with Gasteiger partial charge in [-0.1, -0.05) is 0 Å². The first-order chi connectivity index (χ1) is 8.47. The number of anilines is 2. The largest absolute Gasteiger partial charge is 0.368 e. The minimum absolute atomic E-state index is 0.108. The van der Waals surface area contributed by atoms with Crippen LogP contribution in [0.4, 0.5) is 11.8 Å². The third kappa shape index (κ3) is 2.59. The van der Waals surface area contributed by atoms with Crippen LogP contribution in [-0.2, 0) is 0 Å². The van der Waals surface area contributed by atoms with Crippen LogP contribution in [-0.4, -0.2) is 15.0 Å². The van der Waals surface area contributed by atoms with Gasteiger partial charge in [-0.05, 0) is 27.7 Å². The van der Waals surface area contributed by atoms with Gasteiger partial charge in [0.05, 0.1) is 6.04 Å². The van der Waals surface area contributed by atoms with Gasteiger partial charge in [0.1, 0.15) is 10.8 Å². The van der Waals surface area contributed by atoms with Crippen molar-refractivity contribution in [1.29, 1.82) is 0 Å². The van der Waals surface area contributed by atoms with Crippen molar-refractivity contribution in [2.45, 2.75) is 33.7 Å². The molecule has 0 aliphatic carbocycles. The van der Waals surface area contributed by atoms with Crippen LogP contribution in [0.1, 0.15) is 34.9 Å². The average molecular weight is 263 g/mol. The topological polar surface area (TPSA) is 76.7 Å². The van der Waals surface area contributed by atoms with E-state index in [2.05, 4.69) is 27.2 Å². The summed E-state index contributed by atoms with van der Waals surface area (Å²) in [5.74, 6) is 1.07. The molecule has 6 heteroatoms. The van der Waals surface area contributed by atoms with Crippen LogP contribution < -0.4 is 11.1 Å². The number of hydrogen-bond acceptors (Lipinski definition) is 6. The summed E-state index contributed by atoms with van der Waals surface area (Å²) in [6.45, 7) is 7.96. The van der Waals surface area contributed by atoms with Crippen molar-refractivity contribution in [2.24, 2.45) is 0 Å². The van der Waals surface area contributed by atoms with E-state index in [1.54, 1.807) is 11.3 Å². The molecule has 0 amide bonds. The van der Waals surface area contributed by atoms with Crippen LogP contribution in [0.5, 0.6) is 0 Å². The van der Waals surface area contributed by atoms with Crippen molar-refractivity contribution in [3.8, 4) is 0 Å². The third-order valence-corrected chi connectivity index (χ3v) is 3.91. The molecule has 0 saturated heterocycles. The number of nitrogens with one attached hydrogen (secondary N) is 1. The zero-order chi connectivity index (χ0) is 13.3. The molecule has 18 heavy (non-hydrogen) atoms. The molecule has 0 spiro atoms. The molecule has 96 valence electrons. The highest BCUT2D eigenvalue weighted by molar-refractivity contribution is 7.09. The maximum absolute atomic E-state index is 5.67. The molecule has 5 nitrogen and oxygen atoms in total. The van der Waals surface area contributed by atoms with Gasteiger partial charge < -0.3 is 11.1 Å². The smallest absolute Gasteiger partial charge is 0.222 e. The van der Waals surface area contributed by atoms with Crippen molar-refractivity contribution in [1.82, 2.24) is 15.0 Å². The summed E-state index contributed by atoms with van der Waals surface area (Å²) in [7, 11) is 0. The summed E-state index contributed by atoms with van der Waals surface area (Å²) < 4.78 is 0. The molecular weight excluding hydrogens is 246 g/mol. The number of nitrogen functional groups attached to an aromatic ring is 1. The van der Waals surface area contributed by atoms with Crippen LogP contribution in [0.15, 0.2) is 5.38 Å². The molecule has 0 aromatic carbocycles. The zero-order valence-electron chi connectivity index (χ0n) is 11.0. The Bertz CT molecular complexity index is 564. The van der Waals surface area contributed by atoms with Crippen LogP contribution in [0.3, 0.4) is 0 Å². The number of hydrogen-bond donors (Lipinski definition) is 2. The van der Waals surface area contributed by atoms with Gasteiger partial charge in [-0.2, -0.15) is 4.98 Å². The summed E-state index contributed by atoms with van der Waals surface area (Å²) in [4.78, 5) is 12.8. The maximum Gasteiger partial charge on any atom is 0.222 e. The lowest BCUT2D eigenvalue weighted by molar-refractivity contribution is 0.849. The van der Waals surface area contributed by atoms with Crippen LogP contribution in [0, 0.1) is 20.8 Å². The molecule has 0 aliphatic rings. The molecule has 0 aliphatic heterocycles. The molecule has 2 rings (SSSR count). The number of thiazole rings is 1. The number of rotatable bonds is 3. The fourth-order valence-corrected chi connectivity index (χ4v) is 2.43. The monoisotopic (exact) mass is 263 g/mol. The first-order valence-corrected chi connectivity index (χ1v) is 6.64. The standard InChI is InChI=1S/C12H17N5S/c1-6-5-18-11(14-6)9(4)15-10-7(2)8(3)16-12(13)17-10/h5,9H,1-4H3,(H3,13,15,16,17). The molecule has 2 aromatic heterocycles. The summed E-state index contributed by atoms with van der Waals surface area (Å²) in [5, 5.41) is 6.42. The van der Waals surface area contributed by atoms with Gasteiger partial charge in [0.2, 0.25) is 5.95 Å². The Balaban J connectivity index is 2.24. The minimum atomic E-state index is 0.108. The lowest BCUT2D eigenvalue weighted by Crippen LogP contribution is -2.11. The number of nitrogens with zero attached hydrogens (tertiary/aromatic N) is 3. The fraction of sp³-hybridized carbons (Fsp3) is 0.417. The highest BCUT2D eigenvalue weighted by Crippen LogP contribution is 2.24. The van der Waals surface area contributed by atoms with Crippen molar-refractivity contribution in [3.05, 3.63) is 27.3 Å². The summed E-state index contributed by atoms with van der Waals surface area (Å²) in [6, 6.07) is 0.108. The van der Waals surface area contributed by atoms with Gasteiger partial charge >= 0.3 is 0 Å². The molecule has 0 bridgehead atoms. The van der Waals surface area contributed by atoms with Crippen molar-refractivity contribution in [2.75, 3.05) is 11.1 Å². The van der Waals surface area contributed by atoms with E-state index in [0.717, 1.165) is 27.8 Å². The van der Waals surface area contributed by atoms with E-state index in [-0.39, 0.29) is 6.04 Å². The van der Waals surface area contributed by atoms with Gasteiger partial charge in [-0.25, -0.2) is 9.97 Å². The van der Waals surface area contributed by atoms with Gasteiger partial charge in [-0.3, -0.25) is 0 Å². The molecule has 3 N–H and O–H groups in total. The maximum atomic E-state index is 5.67. The Labute approximate surface area is 111 Å². The summed E-state index contributed by atoms with van der Waals surface area (Å²) in [6.07, 6.45) is 0. The SMILES string of the molecule is Cc1csc(C(C)Nc2nc(N)nc(C)c2C)n1. The lowest BCUT2D eigenvalue weighted by atomic mass is 10.2. The Morgan fingerprint density at radius 3 is 2.56 bits per heavy atom. The van der Waals surface area contributed by atoms with Crippen LogP contribution in [0.25, 0.3) is 0 Å². The Hall–Kier alpha value is -1.69. The van der Waals surface area contributed by atoms with E-state index in [1.807, 2.05) is 26.2 Å². The van der Waals surface area contributed by atoms with E-state index in [4.69, 9.17) is 5.73 Å². The van der Waals surface area contributed by atoms with Gasteiger partial charge in [0.15, 0.2) is 0 Å². The third-order valence-electron chi connectivity index (χ3n) is 2.77. The molecule has 0 radical (unpaired) electrons. The van der Waals surface area contributed by atoms with Gasteiger partial charge in [0, 0.05) is 22.3 Å². The second-order valence-corrected chi connectivity index (χ2v) is 5.22. The number of aromatic nitrogens is 3. The molecular formula is C12H17N5S. The first-order valence-electron chi connectivity index (χ1n) is 5.76. The van der Waals surface area contributed by atoms with Crippen molar-refractivity contribution < 1.29 is 0 Å². The normalized spacial score (nSPS) is 12.4. The molecule has 2 aromatic rings. The summed E-state index contributed by atoms with van der Waals surface area (Å²) >= 11 is 1.64. The van der Waals surface area contributed by atoms with Gasteiger partial charge in [0.25, 0.3) is 0 Å². The summed E-state index contributed by atoms with van der Waals surface area (Å²) in [5.41, 5.74) is 8.63. The number of aryl methyl sites for hydroxylation is 2. The average Bonchev–Trinajstić information content (AvgIpc) is 2.72. The second kappa shape index (κ2) is 4.89. The van der Waals surface area contributed by atoms with E-state index >= 15 is 0 Å². The molecule has 1 atom stereocenters. The molecule has 2 heterocycles. The minimum Gasteiger partial charge on any atom is -0.368 e. The van der Waals surface area contributed by atoms with E-state index in [1.165, 1.54) is 0 Å². The van der Waals surface area contributed by atoms with Gasteiger partial charge in [-0.15, -0.1) is 11.3 Å². The van der Waals surface area contributed by atoms with E-state index in [0.29, 0.717) is 5.95 Å². The van der Waals surface area contributed by atoms with Crippen LogP contribution in [0.2, 0.25) is 0 Å². The fourth-order valence-electron chi connectivity index (χ4n) is 1.63. The highest BCUT2D eigenvalue weighted by Gasteiger charge is 2.13. The zero-order valence-corrected chi connectivity index (χ0v) is 11.8. The molecule has 0 saturated carbocycles.